The highest BCUT2D eigenvalue weighted by Gasteiger charge is 2.32. The molecule has 3 heterocycles. The lowest BCUT2D eigenvalue weighted by Crippen LogP contribution is -2.45. The maximum Gasteiger partial charge on any atom is 0.281 e. The van der Waals surface area contributed by atoms with Crippen LogP contribution in [-0.2, 0) is 11.3 Å². The van der Waals surface area contributed by atoms with Crippen LogP contribution in [0.2, 0.25) is 0 Å². The number of likely N-dealkylation sites (tertiary alicyclic amines) is 1. The van der Waals surface area contributed by atoms with Gasteiger partial charge in [-0.3, -0.25) is 9.59 Å². The summed E-state index contributed by atoms with van der Waals surface area (Å²) in [6.07, 6.45) is 1.76. The maximum atomic E-state index is 12.8. The van der Waals surface area contributed by atoms with Gasteiger partial charge in [0.15, 0.2) is 11.2 Å². The van der Waals surface area contributed by atoms with Crippen LogP contribution < -0.4 is 5.56 Å². The zero-order chi connectivity index (χ0) is 22.3. The smallest absolute Gasteiger partial charge is 0.281 e. The van der Waals surface area contributed by atoms with Crippen molar-refractivity contribution in [3.63, 3.8) is 0 Å². The van der Waals surface area contributed by atoms with Gasteiger partial charge in [0.1, 0.15) is 5.82 Å². The number of fused-ring (bicyclic) bond motifs is 1. The number of carbonyl (C=O) groups excluding carboxylic acids is 1. The predicted octanol–water partition coefficient (Wildman–Crippen LogP) is 2.93. The van der Waals surface area contributed by atoms with Crippen molar-refractivity contribution in [3.05, 3.63) is 51.1 Å². The largest absolute Gasteiger partial charge is 0.342 e. The zero-order valence-corrected chi connectivity index (χ0v) is 18.9. The highest BCUT2D eigenvalue weighted by Crippen LogP contribution is 2.28. The summed E-state index contributed by atoms with van der Waals surface area (Å²) in [6, 6.07) is 6.28. The molecule has 31 heavy (non-hydrogen) atoms. The first kappa shape index (κ1) is 21.2. The lowest BCUT2D eigenvalue weighted by atomic mass is 9.91. The minimum Gasteiger partial charge on any atom is -0.342 e. The fraction of sp³-hybridized carbons (Fsp3) is 0.522. The summed E-state index contributed by atoms with van der Waals surface area (Å²) in [6.45, 7) is 11.7. The molecule has 0 aliphatic carbocycles. The Morgan fingerprint density at radius 2 is 2.03 bits per heavy atom. The third-order valence-corrected chi connectivity index (χ3v) is 5.95. The van der Waals surface area contributed by atoms with Gasteiger partial charge in [-0.05, 0) is 37.8 Å². The molecular weight excluding hydrogens is 392 g/mol. The van der Waals surface area contributed by atoms with E-state index in [1.54, 1.807) is 4.68 Å². The van der Waals surface area contributed by atoms with E-state index in [4.69, 9.17) is 4.98 Å². The second-order valence-corrected chi connectivity index (χ2v) is 9.64. The topological polar surface area (TPSA) is 96.8 Å². The number of rotatable bonds is 3. The van der Waals surface area contributed by atoms with E-state index in [0.717, 1.165) is 30.5 Å². The molecule has 1 N–H and O–H groups in total. The summed E-state index contributed by atoms with van der Waals surface area (Å²) in [5, 5.41) is 8.27. The van der Waals surface area contributed by atoms with Crippen molar-refractivity contribution in [2.75, 3.05) is 13.1 Å². The fourth-order valence-electron chi connectivity index (χ4n) is 4.17. The molecule has 1 aliphatic heterocycles. The van der Waals surface area contributed by atoms with Crippen molar-refractivity contribution < 1.29 is 4.79 Å². The van der Waals surface area contributed by atoms with Crippen molar-refractivity contribution in [1.29, 1.82) is 0 Å². The van der Waals surface area contributed by atoms with E-state index in [1.165, 1.54) is 5.56 Å². The molecule has 8 nitrogen and oxygen atoms in total. The predicted molar refractivity (Wildman–Crippen MR) is 119 cm³/mol. The van der Waals surface area contributed by atoms with Gasteiger partial charge in [-0.2, -0.15) is 0 Å². The average molecular weight is 423 g/mol. The first-order valence-corrected chi connectivity index (χ1v) is 10.8. The van der Waals surface area contributed by atoms with Crippen LogP contribution in [0.5, 0.6) is 0 Å². The van der Waals surface area contributed by atoms with Gasteiger partial charge in [0.2, 0.25) is 5.91 Å². The minimum absolute atomic E-state index is 0.0128. The molecule has 0 radical (unpaired) electrons. The monoisotopic (exact) mass is 422 g/mol. The minimum atomic E-state index is -0.430. The molecule has 1 fully saturated rings. The van der Waals surface area contributed by atoms with Gasteiger partial charge in [0.05, 0.1) is 6.54 Å². The van der Waals surface area contributed by atoms with Gasteiger partial charge in [-0.25, -0.2) is 9.67 Å². The van der Waals surface area contributed by atoms with Crippen molar-refractivity contribution >= 4 is 17.1 Å². The third kappa shape index (κ3) is 4.24. The molecule has 2 aromatic heterocycles. The quantitative estimate of drug-likeness (QED) is 0.700. The Kier molecular flexibility index (Phi) is 5.41. The molecule has 8 heteroatoms. The lowest BCUT2D eigenvalue weighted by molar-refractivity contribution is -0.140. The summed E-state index contributed by atoms with van der Waals surface area (Å²) >= 11 is 0. The number of aromatic amines is 1. The molecule has 1 aromatic carbocycles. The molecule has 1 aliphatic rings. The Bertz CT molecular complexity index is 1190. The van der Waals surface area contributed by atoms with E-state index in [9.17, 15) is 9.59 Å². The fourth-order valence-corrected chi connectivity index (χ4v) is 4.17. The molecule has 0 spiro atoms. The summed E-state index contributed by atoms with van der Waals surface area (Å²) in [5.74, 6) is 0.719. The molecule has 1 amide bonds. The van der Waals surface area contributed by atoms with Crippen LogP contribution >= 0.6 is 0 Å². The number of carbonyl (C=O) groups is 1. The van der Waals surface area contributed by atoms with Gasteiger partial charge in [0, 0.05) is 24.4 Å². The summed E-state index contributed by atoms with van der Waals surface area (Å²) in [7, 11) is 0. The number of benzene rings is 1. The van der Waals surface area contributed by atoms with Crippen LogP contribution in [0.15, 0.2) is 23.0 Å². The van der Waals surface area contributed by atoms with Crippen LogP contribution in [-0.4, -0.2) is 48.9 Å². The van der Waals surface area contributed by atoms with Crippen LogP contribution in [0.25, 0.3) is 11.2 Å². The van der Waals surface area contributed by atoms with Crippen molar-refractivity contribution in [1.82, 2.24) is 29.9 Å². The van der Waals surface area contributed by atoms with E-state index < -0.39 is 5.41 Å². The summed E-state index contributed by atoms with van der Waals surface area (Å²) in [5.41, 5.74) is 3.46. The number of amides is 1. The molecule has 3 aromatic rings. The molecule has 1 unspecified atom stereocenters. The van der Waals surface area contributed by atoms with Crippen LogP contribution in [0.3, 0.4) is 0 Å². The van der Waals surface area contributed by atoms with Gasteiger partial charge in [-0.15, -0.1) is 5.10 Å². The highest BCUT2D eigenvalue weighted by molar-refractivity contribution is 5.81. The number of aryl methyl sites for hydroxylation is 2. The van der Waals surface area contributed by atoms with Gasteiger partial charge >= 0.3 is 0 Å². The molecule has 4 rings (SSSR count). The third-order valence-electron chi connectivity index (χ3n) is 5.95. The van der Waals surface area contributed by atoms with Crippen molar-refractivity contribution in [2.24, 2.45) is 5.41 Å². The molecule has 1 saturated heterocycles. The first-order chi connectivity index (χ1) is 14.6. The van der Waals surface area contributed by atoms with E-state index in [1.807, 2.05) is 25.7 Å². The van der Waals surface area contributed by atoms with E-state index in [-0.39, 0.29) is 22.9 Å². The van der Waals surface area contributed by atoms with Gasteiger partial charge < -0.3 is 9.88 Å². The SMILES string of the molecule is Cc1ccc(C)c(Cn2nnc3c(=O)[nH]c(C4CCCN(C(=O)C(C)(C)C)C4)nc32)c1. The number of piperidine rings is 1. The summed E-state index contributed by atoms with van der Waals surface area (Å²) < 4.78 is 1.69. The Labute approximate surface area is 181 Å². The number of aromatic nitrogens is 5. The normalized spacial score (nSPS) is 17.3. The van der Waals surface area contributed by atoms with Crippen LogP contribution in [0.4, 0.5) is 0 Å². The lowest BCUT2D eigenvalue weighted by Gasteiger charge is -2.36. The average Bonchev–Trinajstić information content (AvgIpc) is 3.13. The number of nitrogens with one attached hydrogen (secondary N) is 1. The second-order valence-electron chi connectivity index (χ2n) is 9.64. The van der Waals surface area contributed by atoms with E-state index >= 15 is 0 Å². The molecule has 0 bridgehead atoms. The van der Waals surface area contributed by atoms with Crippen LogP contribution in [0.1, 0.15) is 62.0 Å². The Hall–Kier alpha value is -3.03. The highest BCUT2D eigenvalue weighted by atomic mass is 16.2. The van der Waals surface area contributed by atoms with Gasteiger partial charge in [-0.1, -0.05) is 49.7 Å². The zero-order valence-electron chi connectivity index (χ0n) is 18.9. The first-order valence-electron chi connectivity index (χ1n) is 10.8. The standard InChI is InChI=1S/C23H30N6O2/c1-14-8-9-15(2)17(11-14)13-29-20-18(26-27-29)21(30)25-19(24-20)16-7-6-10-28(12-16)22(31)23(3,4)5/h8-9,11,16H,6-7,10,12-13H2,1-5H3,(H,24,25,30). The van der Waals surface area contributed by atoms with Crippen molar-refractivity contribution in [2.45, 2.75) is 59.9 Å². The Balaban J connectivity index is 1.67. The van der Waals surface area contributed by atoms with Crippen molar-refractivity contribution in [3.8, 4) is 0 Å². The Morgan fingerprint density at radius 3 is 2.77 bits per heavy atom. The number of nitrogens with zero attached hydrogens (tertiary/aromatic N) is 5. The number of hydrogen-bond donors (Lipinski definition) is 1. The van der Waals surface area contributed by atoms with Gasteiger partial charge in [0.25, 0.3) is 5.56 Å². The van der Waals surface area contributed by atoms with E-state index in [2.05, 4.69) is 47.3 Å². The molecule has 0 saturated carbocycles. The Morgan fingerprint density at radius 1 is 1.26 bits per heavy atom. The number of H-pyrrole nitrogens is 1. The number of hydrogen-bond acceptors (Lipinski definition) is 5. The molecule has 164 valence electrons. The van der Waals surface area contributed by atoms with E-state index in [0.29, 0.717) is 24.6 Å². The maximum absolute atomic E-state index is 12.8. The molecule has 1 atom stereocenters. The van der Waals surface area contributed by atoms with Crippen LogP contribution in [0, 0.1) is 19.3 Å². The second kappa shape index (κ2) is 7.90. The summed E-state index contributed by atoms with van der Waals surface area (Å²) in [4.78, 5) is 35.0. The molecular formula is C23H30N6O2.